The Bertz CT molecular complexity index is 311. The highest BCUT2D eigenvalue weighted by atomic mass is 32.2. The molecule has 1 rings (SSSR count). The highest BCUT2D eigenvalue weighted by Gasteiger charge is 2.01. The van der Waals surface area contributed by atoms with Crippen LogP contribution in [0.25, 0.3) is 0 Å². The molecule has 0 unspecified atom stereocenters. The SMILES string of the molecule is Cn1ccnc(SCCO)c1=O. The minimum atomic E-state index is -0.115. The van der Waals surface area contributed by atoms with Crippen LogP contribution in [0.15, 0.2) is 22.2 Å². The van der Waals surface area contributed by atoms with Gasteiger partial charge in [-0.05, 0) is 0 Å². The van der Waals surface area contributed by atoms with Crippen LogP contribution in [0.3, 0.4) is 0 Å². The van der Waals surface area contributed by atoms with Gasteiger partial charge in [-0.25, -0.2) is 4.98 Å². The van der Waals surface area contributed by atoms with Crippen molar-refractivity contribution in [3.63, 3.8) is 0 Å². The lowest BCUT2D eigenvalue weighted by Crippen LogP contribution is -2.18. The van der Waals surface area contributed by atoms with Crippen LogP contribution in [-0.4, -0.2) is 27.0 Å². The van der Waals surface area contributed by atoms with E-state index in [1.165, 1.54) is 16.3 Å². The van der Waals surface area contributed by atoms with Crippen molar-refractivity contribution >= 4 is 11.8 Å². The molecular formula is C7H10N2O2S. The summed E-state index contributed by atoms with van der Waals surface area (Å²) in [6.45, 7) is 0.0599. The molecule has 1 heterocycles. The van der Waals surface area contributed by atoms with E-state index in [1.807, 2.05) is 0 Å². The Hall–Kier alpha value is -0.810. The highest BCUT2D eigenvalue weighted by molar-refractivity contribution is 7.99. The number of hydrogen-bond acceptors (Lipinski definition) is 4. The third-order valence-electron chi connectivity index (χ3n) is 1.32. The van der Waals surface area contributed by atoms with Crippen molar-refractivity contribution < 1.29 is 5.11 Å². The van der Waals surface area contributed by atoms with Gasteiger partial charge in [0.1, 0.15) is 0 Å². The first-order chi connectivity index (χ1) is 5.75. The molecule has 1 aromatic rings. The second-order valence-corrected chi connectivity index (χ2v) is 3.30. The fraction of sp³-hybridized carbons (Fsp3) is 0.429. The topological polar surface area (TPSA) is 55.1 Å². The molecule has 0 saturated heterocycles. The van der Waals surface area contributed by atoms with Crippen LogP contribution in [0.4, 0.5) is 0 Å². The maximum atomic E-state index is 11.3. The van der Waals surface area contributed by atoms with E-state index in [9.17, 15) is 4.79 Å². The second kappa shape index (κ2) is 4.27. The van der Waals surface area contributed by atoms with Gasteiger partial charge < -0.3 is 9.67 Å². The van der Waals surface area contributed by atoms with Crippen molar-refractivity contribution in [3.05, 3.63) is 22.7 Å². The first kappa shape index (κ1) is 9.28. The Balaban J connectivity index is 2.85. The summed E-state index contributed by atoms with van der Waals surface area (Å²) in [7, 11) is 1.67. The Morgan fingerprint density at radius 2 is 2.50 bits per heavy atom. The third-order valence-corrected chi connectivity index (χ3v) is 2.26. The summed E-state index contributed by atoms with van der Waals surface area (Å²) in [4.78, 5) is 15.2. The number of hydrogen-bond donors (Lipinski definition) is 1. The smallest absolute Gasteiger partial charge is 0.282 e. The van der Waals surface area contributed by atoms with Crippen molar-refractivity contribution in [2.75, 3.05) is 12.4 Å². The standard InChI is InChI=1S/C7H10N2O2S/c1-9-3-2-8-6(7(9)11)12-5-4-10/h2-3,10H,4-5H2,1H3. The van der Waals surface area contributed by atoms with Gasteiger partial charge in [-0.1, -0.05) is 11.8 Å². The van der Waals surface area contributed by atoms with Crippen LogP contribution >= 0.6 is 11.8 Å². The molecule has 0 spiro atoms. The van der Waals surface area contributed by atoms with E-state index in [0.29, 0.717) is 10.8 Å². The lowest BCUT2D eigenvalue weighted by Gasteiger charge is -1.99. The normalized spacial score (nSPS) is 10.2. The fourth-order valence-corrected chi connectivity index (χ4v) is 1.40. The number of thioether (sulfide) groups is 1. The van der Waals surface area contributed by atoms with Crippen molar-refractivity contribution in [3.8, 4) is 0 Å². The molecule has 5 heteroatoms. The minimum absolute atomic E-state index is 0.0599. The van der Waals surface area contributed by atoms with Crippen molar-refractivity contribution in [2.45, 2.75) is 5.03 Å². The van der Waals surface area contributed by atoms with E-state index in [-0.39, 0.29) is 12.2 Å². The Morgan fingerprint density at radius 1 is 1.75 bits per heavy atom. The van der Waals surface area contributed by atoms with E-state index < -0.39 is 0 Å². The van der Waals surface area contributed by atoms with Crippen LogP contribution < -0.4 is 5.56 Å². The monoisotopic (exact) mass is 186 g/mol. The summed E-state index contributed by atoms with van der Waals surface area (Å²) in [5.41, 5.74) is -0.115. The van der Waals surface area contributed by atoms with E-state index in [0.717, 1.165) is 0 Å². The van der Waals surface area contributed by atoms with Crippen LogP contribution in [0, 0.1) is 0 Å². The van der Waals surface area contributed by atoms with Gasteiger partial charge in [0.05, 0.1) is 6.61 Å². The van der Waals surface area contributed by atoms with Crippen molar-refractivity contribution in [1.82, 2.24) is 9.55 Å². The fourth-order valence-electron chi connectivity index (χ4n) is 0.716. The second-order valence-electron chi connectivity index (χ2n) is 2.22. The third kappa shape index (κ3) is 2.09. The van der Waals surface area contributed by atoms with Crippen LogP contribution in [0.2, 0.25) is 0 Å². The van der Waals surface area contributed by atoms with Crippen LogP contribution in [0.5, 0.6) is 0 Å². The molecule has 0 atom stereocenters. The van der Waals surface area contributed by atoms with Crippen LogP contribution in [0.1, 0.15) is 0 Å². The molecule has 12 heavy (non-hydrogen) atoms. The number of aliphatic hydroxyl groups excluding tert-OH is 1. The summed E-state index contributed by atoms with van der Waals surface area (Å²) < 4.78 is 1.46. The molecular weight excluding hydrogens is 176 g/mol. The number of rotatable bonds is 3. The Kier molecular flexibility index (Phi) is 3.31. The van der Waals surface area contributed by atoms with E-state index in [4.69, 9.17) is 5.11 Å². The Morgan fingerprint density at radius 3 is 3.17 bits per heavy atom. The molecule has 0 aliphatic rings. The first-order valence-electron chi connectivity index (χ1n) is 3.51. The maximum Gasteiger partial charge on any atom is 0.282 e. The molecule has 0 aliphatic heterocycles. The summed E-state index contributed by atoms with van der Waals surface area (Å²) in [5, 5.41) is 8.97. The van der Waals surface area contributed by atoms with Gasteiger partial charge in [-0.15, -0.1) is 0 Å². The number of aromatic nitrogens is 2. The lowest BCUT2D eigenvalue weighted by molar-refractivity contribution is 0.322. The molecule has 4 nitrogen and oxygen atoms in total. The summed E-state index contributed by atoms with van der Waals surface area (Å²) >= 11 is 1.27. The molecule has 0 aromatic carbocycles. The van der Waals surface area contributed by atoms with Crippen LogP contribution in [-0.2, 0) is 7.05 Å². The average molecular weight is 186 g/mol. The summed E-state index contributed by atoms with van der Waals surface area (Å²) in [6, 6.07) is 0. The summed E-state index contributed by atoms with van der Waals surface area (Å²) in [6.07, 6.45) is 3.17. The largest absolute Gasteiger partial charge is 0.396 e. The van der Waals surface area contributed by atoms with Gasteiger partial charge in [0.25, 0.3) is 5.56 Å². The summed E-state index contributed by atoms with van der Waals surface area (Å²) in [5.74, 6) is 0.506. The lowest BCUT2D eigenvalue weighted by atomic mass is 10.7. The Labute approximate surface area is 74.3 Å². The zero-order valence-corrected chi connectivity index (χ0v) is 7.54. The van der Waals surface area contributed by atoms with Crippen molar-refractivity contribution in [1.29, 1.82) is 0 Å². The molecule has 0 fully saturated rings. The average Bonchev–Trinajstić information content (AvgIpc) is 2.08. The zero-order chi connectivity index (χ0) is 8.97. The molecule has 0 radical (unpaired) electrons. The van der Waals surface area contributed by atoms with E-state index in [1.54, 1.807) is 19.4 Å². The van der Waals surface area contributed by atoms with E-state index in [2.05, 4.69) is 4.98 Å². The first-order valence-corrected chi connectivity index (χ1v) is 4.49. The molecule has 0 saturated carbocycles. The van der Waals surface area contributed by atoms with Gasteiger partial charge in [-0.3, -0.25) is 4.79 Å². The minimum Gasteiger partial charge on any atom is -0.396 e. The van der Waals surface area contributed by atoms with Gasteiger partial charge >= 0.3 is 0 Å². The molecule has 0 aliphatic carbocycles. The van der Waals surface area contributed by atoms with Gasteiger partial charge in [-0.2, -0.15) is 0 Å². The molecule has 1 N–H and O–H groups in total. The molecule has 0 amide bonds. The predicted octanol–water partition coefficient (Wildman–Crippen LogP) is -0.135. The number of nitrogens with zero attached hydrogens (tertiary/aromatic N) is 2. The maximum absolute atomic E-state index is 11.3. The molecule has 0 bridgehead atoms. The van der Waals surface area contributed by atoms with Gasteiger partial charge in [0.15, 0.2) is 5.03 Å². The van der Waals surface area contributed by atoms with Gasteiger partial charge in [0, 0.05) is 25.2 Å². The zero-order valence-electron chi connectivity index (χ0n) is 6.73. The van der Waals surface area contributed by atoms with E-state index >= 15 is 0 Å². The van der Waals surface area contributed by atoms with Gasteiger partial charge in [0.2, 0.25) is 0 Å². The highest BCUT2D eigenvalue weighted by Crippen LogP contribution is 2.07. The molecule has 66 valence electrons. The number of aliphatic hydroxyl groups is 1. The van der Waals surface area contributed by atoms with Crippen molar-refractivity contribution in [2.24, 2.45) is 7.05 Å². The quantitative estimate of drug-likeness (QED) is 0.668. The number of aryl methyl sites for hydroxylation is 1. The predicted molar refractivity (Wildman–Crippen MR) is 47.3 cm³/mol. The molecule has 1 aromatic heterocycles.